The van der Waals surface area contributed by atoms with Gasteiger partial charge in [0.15, 0.2) is 0 Å². The number of aromatic nitrogens is 1. The molecule has 6 nitrogen and oxygen atoms in total. The molecule has 152 valence electrons. The van der Waals surface area contributed by atoms with Gasteiger partial charge in [0.25, 0.3) is 5.56 Å². The van der Waals surface area contributed by atoms with Crippen molar-refractivity contribution in [2.75, 3.05) is 46.6 Å². The summed E-state index contributed by atoms with van der Waals surface area (Å²) in [5.74, 6) is 1.56. The second-order valence-electron chi connectivity index (χ2n) is 7.23. The number of nitrogens with one attached hydrogen (secondary N) is 1. The first-order chi connectivity index (χ1) is 14.2. The maximum absolute atomic E-state index is 12.1. The summed E-state index contributed by atoms with van der Waals surface area (Å²) in [6.07, 6.45) is 1.66. The minimum absolute atomic E-state index is 0.118. The van der Waals surface area contributed by atoms with Crippen LogP contribution in [0.2, 0.25) is 0 Å². The summed E-state index contributed by atoms with van der Waals surface area (Å²) in [6.45, 7) is 7.13. The van der Waals surface area contributed by atoms with Gasteiger partial charge < -0.3 is 19.2 Å². The number of aryl methyl sites for hydroxylation is 1. The molecule has 1 N–H and O–H groups in total. The summed E-state index contributed by atoms with van der Waals surface area (Å²) in [5, 5.41) is 1.50. The van der Waals surface area contributed by atoms with Crippen molar-refractivity contribution in [1.82, 2.24) is 9.88 Å². The Balaban J connectivity index is 1.55. The van der Waals surface area contributed by atoms with Crippen LogP contribution in [0.5, 0.6) is 11.5 Å². The molecule has 0 radical (unpaired) electrons. The van der Waals surface area contributed by atoms with Crippen LogP contribution >= 0.6 is 0 Å². The fourth-order valence-corrected chi connectivity index (χ4v) is 3.70. The van der Waals surface area contributed by atoms with Crippen molar-refractivity contribution in [3.8, 4) is 22.6 Å². The van der Waals surface area contributed by atoms with E-state index in [2.05, 4.69) is 16.0 Å². The normalized spacial score (nSPS) is 14.8. The van der Waals surface area contributed by atoms with Crippen molar-refractivity contribution >= 4 is 10.8 Å². The van der Waals surface area contributed by atoms with Gasteiger partial charge in [-0.05, 0) is 53.8 Å². The Morgan fingerprint density at radius 3 is 2.69 bits per heavy atom. The summed E-state index contributed by atoms with van der Waals surface area (Å²) in [5.41, 5.74) is 2.93. The zero-order chi connectivity index (χ0) is 20.2. The SMILES string of the molecule is COc1cc2c(=O)[nH]ccc2cc1-c1ccc(OCCN2CCOCC2)c(C)c1. The van der Waals surface area contributed by atoms with Gasteiger partial charge in [-0.25, -0.2) is 0 Å². The first-order valence-corrected chi connectivity index (χ1v) is 9.89. The molecule has 1 aliphatic heterocycles. The van der Waals surface area contributed by atoms with E-state index >= 15 is 0 Å². The minimum Gasteiger partial charge on any atom is -0.496 e. The Morgan fingerprint density at radius 1 is 1.10 bits per heavy atom. The van der Waals surface area contributed by atoms with E-state index in [9.17, 15) is 4.79 Å². The van der Waals surface area contributed by atoms with Gasteiger partial charge in [-0.2, -0.15) is 0 Å². The van der Waals surface area contributed by atoms with Gasteiger partial charge in [0.05, 0.1) is 25.7 Å². The number of rotatable bonds is 6. The largest absolute Gasteiger partial charge is 0.496 e. The number of ether oxygens (including phenoxy) is 3. The Bertz CT molecular complexity index is 1050. The summed E-state index contributed by atoms with van der Waals surface area (Å²) >= 11 is 0. The molecule has 0 aliphatic carbocycles. The number of benzene rings is 2. The van der Waals surface area contributed by atoms with Crippen LogP contribution in [0.4, 0.5) is 0 Å². The lowest BCUT2D eigenvalue weighted by Gasteiger charge is -2.26. The van der Waals surface area contributed by atoms with Crippen molar-refractivity contribution < 1.29 is 14.2 Å². The van der Waals surface area contributed by atoms with Crippen molar-refractivity contribution in [1.29, 1.82) is 0 Å². The lowest BCUT2D eigenvalue weighted by molar-refractivity contribution is 0.0322. The van der Waals surface area contributed by atoms with Crippen LogP contribution in [0.15, 0.2) is 47.4 Å². The lowest BCUT2D eigenvalue weighted by atomic mass is 9.99. The summed E-state index contributed by atoms with van der Waals surface area (Å²) in [4.78, 5) is 17.1. The molecule has 2 aromatic carbocycles. The smallest absolute Gasteiger partial charge is 0.255 e. The maximum atomic E-state index is 12.1. The second-order valence-corrected chi connectivity index (χ2v) is 7.23. The highest BCUT2D eigenvalue weighted by atomic mass is 16.5. The van der Waals surface area contributed by atoms with Crippen LogP contribution in [0.3, 0.4) is 0 Å². The van der Waals surface area contributed by atoms with E-state index in [-0.39, 0.29) is 5.56 Å². The average Bonchev–Trinajstić information content (AvgIpc) is 2.75. The molecule has 3 aromatic rings. The predicted molar refractivity (Wildman–Crippen MR) is 114 cm³/mol. The summed E-state index contributed by atoms with van der Waals surface area (Å²) in [6, 6.07) is 11.8. The number of nitrogens with zero attached hydrogens (tertiary/aromatic N) is 1. The highest BCUT2D eigenvalue weighted by Gasteiger charge is 2.13. The van der Waals surface area contributed by atoms with Crippen molar-refractivity contribution in [2.45, 2.75) is 6.92 Å². The average molecular weight is 394 g/mol. The predicted octanol–water partition coefficient (Wildman–Crippen LogP) is 3.22. The highest BCUT2D eigenvalue weighted by Crippen LogP contribution is 2.35. The van der Waals surface area contributed by atoms with Crippen LogP contribution in [0.1, 0.15) is 5.56 Å². The van der Waals surface area contributed by atoms with Crippen LogP contribution in [-0.4, -0.2) is 56.4 Å². The quantitative estimate of drug-likeness (QED) is 0.696. The summed E-state index contributed by atoms with van der Waals surface area (Å²) in [7, 11) is 1.62. The fourth-order valence-electron chi connectivity index (χ4n) is 3.70. The van der Waals surface area contributed by atoms with Gasteiger partial charge in [-0.15, -0.1) is 0 Å². The van der Waals surface area contributed by atoms with E-state index < -0.39 is 0 Å². The molecular formula is C23H26N2O4. The first kappa shape index (κ1) is 19.5. The van der Waals surface area contributed by atoms with Gasteiger partial charge in [-0.1, -0.05) is 6.07 Å². The third kappa shape index (κ3) is 4.28. The van der Waals surface area contributed by atoms with Crippen LogP contribution in [0.25, 0.3) is 21.9 Å². The molecule has 29 heavy (non-hydrogen) atoms. The monoisotopic (exact) mass is 394 g/mol. The molecule has 1 aromatic heterocycles. The Morgan fingerprint density at radius 2 is 1.93 bits per heavy atom. The molecule has 1 saturated heterocycles. The van der Waals surface area contributed by atoms with Crippen LogP contribution in [-0.2, 0) is 4.74 Å². The zero-order valence-corrected chi connectivity index (χ0v) is 16.9. The molecule has 0 bridgehead atoms. The maximum Gasteiger partial charge on any atom is 0.255 e. The molecule has 0 saturated carbocycles. The van der Waals surface area contributed by atoms with Crippen LogP contribution in [0, 0.1) is 6.92 Å². The van der Waals surface area contributed by atoms with E-state index in [1.54, 1.807) is 19.4 Å². The third-order valence-electron chi connectivity index (χ3n) is 5.35. The molecule has 0 spiro atoms. The standard InChI is InChI=1S/C23H26N2O4/c1-16-13-17(3-4-21(16)29-12-9-25-7-10-28-11-8-25)19-14-18-5-6-24-23(26)20(18)15-22(19)27-2/h3-6,13-15H,7-12H2,1-2H3,(H,24,26). The fraction of sp³-hybridized carbons (Fsp3) is 0.348. The van der Waals surface area contributed by atoms with Gasteiger partial charge in [0.2, 0.25) is 0 Å². The minimum atomic E-state index is -0.118. The molecule has 2 heterocycles. The molecule has 1 aliphatic rings. The van der Waals surface area contributed by atoms with E-state index in [0.29, 0.717) is 17.7 Å². The Labute approximate surface area is 170 Å². The van der Waals surface area contributed by atoms with Crippen molar-refractivity contribution in [2.24, 2.45) is 0 Å². The second kappa shape index (κ2) is 8.68. The van der Waals surface area contributed by atoms with E-state index in [1.807, 2.05) is 31.2 Å². The number of pyridine rings is 1. The number of aromatic amines is 1. The van der Waals surface area contributed by atoms with E-state index in [4.69, 9.17) is 14.2 Å². The molecule has 0 unspecified atom stereocenters. The topological polar surface area (TPSA) is 63.8 Å². The molecule has 4 rings (SSSR count). The highest BCUT2D eigenvalue weighted by molar-refractivity contribution is 5.90. The van der Waals surface area contributed by atoms with Gasteiger partial charge in [0, 0.05) is 31.4 Å². The van der Waals surface area contributed by atoms with Gasteiger partial charge in [-0.3, -0.25) is 9.69 Å². The molecule has 0 amide bonds. The first-order valence-electron chi connectivity index (χ1n) is 9.89. The van der Waals surface area contributed by atoms with Crippen LogP contribution < -0.4 is 15.0 Å². The Kier molecular flexibility index (Phi) is 5.83. The third-order valence-corrected chi connectivity index (χ3v) is 5.35. The summed E-state index contributed by atoms with van der Waals surface area (Å²) < 4.78 is 17.0. The van der Waals surface area contributed by atoms with Gasteiger partial charge in [0.1, 0.15) is 18.1 Å². The van der Waals surface area contributed by atoms with E-state index in [0.717, 1.165) is 60.7 Å². The molecule has 1 fully saturated rings. The number of hydrogen-bond donors (Lipinski definition) is 1. The zero-order valence-electron chi connectivity index (χ0n) is 16.9. The molecular weight excluding hydrogens is 368 g/mol. The number of H-pyrrole nitrogens is 1. The van der Waals surface area contributed by atoms with Crippen molar-refractivity contribution in [3.63, 3.8) is 0 Å². The van der Waals surface area contributed by atoms with Gasteiger partial charge >= 0.3 is 0 Å². The number of methoxy groups -OCH3 is 1. The van der Waals surface area contributed by atoms with Crippen molar-refractivity contribution in [3.05, 3.63) is 58.5 Å². The van der Waals surface area contributed by atoms with E-state index in [1.165, 1.54) is 0 Å². The molecule has 6 heteroatoms. The Hall–Kier alpha value is -2.83. The molecule has 0 atom stereocenters. The number of hydrogen-bond acceptors (Lipinski definition) is 5. The number of morpholine rings is 1. The number of fused-ring (bicyclic) bond motifs is 1. The lowest BCUT2D eigenvalue weighted by Crippen LogP contribution is -2.38.